The van der Waals surface area contributed by atoms with Gasteiger partial charge in [0.25, 0.3) is 0 Å². The van der Waals surface area contributed by atoms with Crippen molar-refractivity contribution >= 4 is 5.91 Å². The van der Waals surface area contributed by atoms with Crippen LogP contribution in [-0.4, -0.2) is 46.1 Å². The SMILES string of the molecule is CCNC(=O)CCC/C=C\C[C@@H]1[C@@H](/C=C/[C@@H](O)CCc2ccccc2)[C@H](O)C[C@H]1O. The molecule has 1 fully saturated rings. The van der Waals surface area contributed by atoms with Crippen LogP contribution in [0.5, 0.6) is 0 Å². The zero-order chi connectivity index (χ0) is 21.8. The number of amides is 1. The molecule has 5 heteroatoms. The second kappa shape index (κ2) is 13.4. The standard InChI is InChI=1S/C25H37NO4/c1-2-26-25(30)13-9-4-3-8-12-21-22(24(29)18-23(21)28)17-16-20(27)15-14-19-10-6-5-7-11-19/h3,5-8,10-11,16-17,20-24,27-29H,2,4,9,12-15,18H2,1H3,(H,26,30)/b8-3-,17-16+/t20-,21+,22+,23+,24+/m0/s1. The molecule has 0 aromatic heterocycles. The summed E-state index contributed by atoms with van der Waals surface area (Å²) in [5.74, 6) is -0.139. The first-order valence-electron chi connectivity index (χ1n) is 11.2. The van der Waals surface area contributed by atoms with Gasteiger partial charge < -0.3 is 20.6 Å². The number of aryl methyl sites for hydroxylation is 1. The van der Waals surface area contributed by atoms with Gasteiger partial charge in [-0.25, -0.2) is 0 Å². The van der Waals surface area contributed by atoms with Crippen LogP contribution in [0.2, 0.25) is 0 Å². The molecule has 0 heterocycles. The molecule has 0 bridgehead atoms. The van der Waals surface area contributed by atoms with Crippen molar-refractivity contribution in [3.63, 3.8) is 0 Å². The molecule has 1 aliphatic carbocycles. The fourth-order valence-corrected chi connectivity index (χ4v) is 4.06. The third-order valence-corrected chi connectivity index (χ3v) is 5.77. The molecule has 166 valence electrons. The van der Waals surface area contributed by atoms with Gasteiger partial charge in [0.05, 0.1) is 18.3 Å². The predicted molar refractivity (Wildman–Crippen MR) is 120 cm³/mol. The largest absolute Gasteiger partial charge is 0.393 e. The van der Waals surface area contributed by atoms with Crippen molar-refractivity contribution in [3.8, 4) is 0 Å². The highest BCUT2D eigenvalue weighted by Crippen LogP contribution is 2.36. The van der Waals surface area contributed by atoms with Crippen molar-refractivity contribution in [3.05, 3.63) is 60.2 Å². The third-order valence-electron chi connectivity index (χ3n) is 5.77. The van der Waals surface area contributed by atoms with E-state index < -0.39 is 18.3 Å². The van der Waals surface area contributed by atoms with Gasteiger partial charge >= 0.3 is 0 Å². The number of rotatable bonds is 12. The molecule has 0 radical (unpaired) electrons. The van der Waals surface area contributed by atoms with Gasteiger partial charge in [-0.2, -0.15) is 0 Å². The second-order valence-electron chi connectivity index (χ2n) is 8.14. The van der Waals surface area contributed by atoms with Crippen molar-refractivity contribution in [1.82, 2.24) is 5.32 Å². The lowest BCUT2D eigenvalue weighted by atomic mass is 9.89. The Morgan fingerprint density at radius 1 is 1.20 bits per heavy atom. The number of benzene rings is 1. The Labute approximate surface area is 180 Å². The topological polar surface area (TPSA) is 89.8 Å². The molecule has 1 amide bonds. The van der Waals surface area contributed by atoms with Crippen LogP contribution in [-0.2, 0) is 11.2 Å². The maximum atomic E-state index is 11.4. The Morgan fingerprint density at radius 3 is 2.70 bits per heavy atom. The number of hydrogen-bond acceptors (Lipinski definition) is 4. The van der Waals surface area contributed by atoms with Crippen molar-refractivity contribution in [1.29, 1.82) is 0 Å². The van der Waals surface area contributed by atoms with Crippen LogP contribution in [0.25, 0.3) is 0 Å². The molecule has 0 spiro atoms. The van der Waals surface area contributed by atoms with E-state index in [0.717, 1.165) is 19.3 Å². The van der Waals surface area contributed by atoms with Gasteiger partial charge in [-0.15, -0.1) is 0 Å². The molecular weight excluding hydrogens is 378 g/mol. The fourth-order valence-electron chi connectivity index (χ4n) is 4.06. The van der Waals surface area contributed by atoms with Crippen LogP contribution in [0.15, 0.2) is 54.6 Å². The Kier molecular flexibility index (Phi) is 10.8. The summed E-state index contributed by atoms with van der Waals surface area (Å²) in [5, 5.41) is 33.8. The van der Waals surface area contributed by atoms with Crippen molar-refractivity contribution < 1.29 is 20.1 Å². The second-order valence-corrected chi connectivity index (χ2v) is 8.14. The summed E-state index contributed by atoms with van der Waals surface area (Å²) in [5.41, 5.74) is 1.19. The first-order valence-corrected chi connectivity index (χ1v) is 11.2. The molecule has 0 saturated heterocycles. The minimum Gasteiger partial charge on any atom is -0.393 e. The van der Waals surface area contributed by atoms with E-state index in [0.29, 0.717) is 32.2 Å². The summed E-state index contributed by atoms with van der Waals surface area (Å²) < 4.78 is 0. The van der Waals surface area contributed by atoms with Crippen LogP contribution in [0.3, 0.4) is 0 Å². The average molecular weight is 416 g/mol. The molecular formula is C25H37NO4. The Morgan fingerprint density at radius 2 is 1.97 bits per heavy atom. The fraction of sp³-hybridized carbons (Fsp3) is 0.560. The minimum absolute atomic E-state index is 0.0581. The average Bonchev–Trinajstić information content (AvgIpc) is 3.00. The lowest BCUT2D eigenvalue weighted by Gasteiger charge is -2.19. The van der Waals surface area contributed by atoms with Gasteiger partial charge in [0.15, 0.2) is 0 Å². The van der Waals surface area contributed by atoms with Crippen molar-refractivity contribution in [2.24, 2.45) is 11.8 Å². The summed E-state index contributed by atoms with van der Waals surface area (Å²) in [4.78, 5) is 11.4. The molecule has 1 aliphatic rings. The van der Waals surface area contributed by atoms with E-state index in [4.69, 9.17) is 0 Å². The van der Waals surface area contributed by atoms with E-state index in [1.54, 1.807) is 6.08 Å². The smallest absolute Gasteiger partial charge is 0.219 e. The van der Waals surface area contributed by atoms with Crippen LogP contribution in [0.1, 0.15) is 51.0 Å². The van der Waals surface area contributed by atoms with Crippen LogP contribution >= 0.6 is 0 Å². The highest BCUT2D eigenvalue weighted by molar-refractivity contribution is 5.75. The van der Waals surface area contributed by atoms with Crippen LogP contribution < -0.4 is 5.32 Å². The number of carbonyl (C=O) groups excluding carboxylic acids is 1. The van der Waals surface area contributed by atoms with E-state index in [1.807, 2.05) is 55.5 Å². The third kappa shape index (κ3) is 8.42. The number of carbonyl (C=O) groups is 1. The summed E-state index contributed by atoms with van der Waals surface area (Å²) in [7, 11) is 0. The number of hydrogen-bond donors (Lipinski definition) is 4. The zero-order valence-corrected chi connectivity index (χ0v) is 18.0. The summed E-state index contributed by atoms with van der Waals surface area (Å²) in [6, 6.07) is 10.1. The van der Waals surface area contributed by atoms with Crippen molar-refractivity contribution in [2.75, 3.05) is 6.54 Å². The first kappa shape index (κ1) is 24.3. The van der Waals surface area contributed by atoms with Crippen LogP contribution in [0.4, 0.5) is 0 Å². The quantitative estimate of drug-likeness (QED) is 0.312. The Bertz CT molecular complexity index is 673. The molecule has 1 aromatic carbocycles. The maximum Gasteiger partial charge on any atom is 0.219 e. The normalized spacial score (nSPS) is 25.2. The van der Waals surface area contributed by atoms with Gasteiger partial charge in [-0.05, 0) is 50.5 Å². The van der Waals surface area contributed by atoms with Gasteiger partial charge in [-0.1, -0.05) is 54.6 Å². The van der Waals surface area contributed by atoms with E-state index in [1.165, 1.54) is 5.56 Å². The highest BCUT2D eigenvalue weighted by atomic mass is 16.3. The first-order chi connectivity index (χ1) is 14.5. The number of aliphatic hydroxyl groups is 3. The molecule has 0 aliphatic heterocycles. The minimum atomic E-state index is -0.589. The summed E-state index contributed by atoms with van der Waals surface area (Å²) >= 11 is 0. The van der Waals surface area contributed by atoms with E-state index in [-0.39, 0.29) is 17.7 Å². The summed E-state index contributed by atoms with van der Waals surface area (Å²) in [6.07, 6.45) is 10.6. The van der Waals surface area contributed by atoms with E-state index in [2.05, 4.69) is 5.32 Å². The number of unbranched alkanes of at least 4 members (excludes halogenated alkanes) is 1. The van der Waals surface area contributed by atoms with Gasteiger partial charge in [0.2, 0.25) is 5.91 Å². The lowest BCUT2D eigenvalue weighted by Crippen LogP contribution is -2.21. The number of aliphatic hydroxyl groups excluding tert-OH is 3. The lowest BCUT2D eigenvalue weighted by molar-refractivity contribution is -0.121. The molecule has 1 aromatic rings. The monoisotopic (exact) mass is 415 g/mol. The Balaban J connectivity index is 1.78. The van der Waals surface area contributed by atoms with Gasteiger partial charge in [0, 0.05) is 25.3 Å². The van der Waals surface area contributed by atoms with Crippen LogP contribution in [0, 0.1) is 11.8 Å². The highest BCUT2D eigenvalue weighted by Gasteiger charge is 2.39. The number of allylic oxidation sites excluding steroid dienone is 2. The molecule has 4 N–H and O–H groups in total. The maximum absolute atomic E-state index is 11.4. The Hall–Kier alpha value is -1.95. The van der Waals surface area contributed by atoms with E-state index in [9.17, 15) is 20.1 Å². The van der Waals surface area contributed by atoms with Crippen molar-refractivity contribution in [2.45, 2.75) is 70.2 Å². The zero-order valence-electron chi connectivity index (χ0n) is 18.0. The molecule has 5 atom stereocenters. The van der Waals surface area contributed by atoms with Gasteiger partial charge in [0.1, 0.15) is 0 Å². The molecule has 5 nitrogen and oxygen atoms in total. The predicted octanol–water partition coefficient (Wildman–Crippen LogP) is 3.15. The molecule has 1 saturated carbocycles. The van der Waals surface area contributed by atoms with E-state index >= 15 is 0 Å². The molecule has 0 unspecified atom stereocenters. The molecule has 30 heavy (non-hydrogen) atoms. The molecule has 2 rings (SSSR count). The van der Waals surface area contributed by atoms with Gasteiger partial charge in [-0.3, -0.25) is 4.79 Å². The summed E-state index contributed by atoms with van der Waals surface area (Å²) in [6.45, 7) is 2.57. The number of nitrogens with one attached hydrogen (secondary N) is 1.